The van der Waals surface area contributed by atoms with Crippen molar-refractivity contribution < 1.29 is 17.9 Å². The van der Waals surface area contributed by atoms with E-state index in [1.807, 2.05) is 24.3 Å². The van der Waals surface area contributed by atoms with E-state index in [1.165, 1.54) is 38.0 Å². The first-order chi connectivity index (χ1) is 13.3. The number of amides is 1. The van der Waals surface area contributed by atoms with Gasteiger partial charge in [-0.25, -0.2) is 12.7 Å². The standard InChI is InChI=1S/C19H23ClN2O4S2/c1-22(2)28(24,25)17-9-7-16(8-10-17)26-12-11-21-19(23)14-27-13-15-5-3-4-6-18(15)20/h3-10H,11-14H2,1-2H3,(H,21,23). The van der Waals surface area contributed by atoms with Crippen molar-refractivity contribution in [2.24, 2.45) is 0 Å². The van der Waals surface area contributed by atoms with Gasteiger partial charge in [0, 0.05) is 24.9 Å². The lowest BCUT2D eigenvalue weighted by Gasteiger charge is -2.12. The SMILES string of the molecule is CN(C)S(=O)(=O)c1ccc(OCCNC(=O)CSCc2ccccc2Cl)cc1. The van der Waals surface area contributed by atoms with E-state index >= 15 is 0 Å². The Balaban J connectivity index is 1.67. The molecule has 0 aliphatic rings. The molecule has 9 heteroatoms. The first kappa shape index (κ1) is 22.5. The normalized spacial score (nSPS) is 11.4. The summed E-state index contributed by atoms with van der Waals surface area (Å²) in [6.07, 6.45) is 0. The smallest absolute Gasteiger partial charge is 0.242 e. The maximum Gasteiger partial charge on any atom is 0.242 e. The van der Waals surface area contributed by atoms with E-state index in [0.717, 1.165) is 9.87 Å². The van der Waals surface area contributed by atoms with Crippen LogP contribution in [0.4, 0.5) is 0 Å². The van der Waals surface area contributed by atoms with Crippen LogP contribution in [0.25, 0.3) is 0 Å². The van der Waals surface area contributed by atoms with Crippen molar-refractivity contribution in [1.82, 2.24) is 9.62 Å². The first-order valence-corrected chi connectivity index (χ1v) is 11.5. The van der Waals surface area contributed by atoms with E-state index in [0.29, 0.717) is 35.4 Å². The Bertz CT molecular complexity index is 887. The summed E-state index contributed by atoms with van der Waals surface area (Å²) in [7, 11) is -0.489. The average Bonchev–Trinajstić information content (AvgIpc) is 2.67. The maximum absolute atomic E-state index is 12.0. The Morgan fingerprint density at radius 2 is 1.82 bits per heavy atom. The Labute approximate surface area is 175 Å². The third-order valence-corrected chi connectivity index (χ3v) is 6.92. The third kappa shape index (κ3) is 6.70. The van der Waals surface area contributed by atoms with Gasteiger partial charge in [0.15, 0.2) is 0 Å². The Morgan fingerprint density at radius 3 is 2.46 bits per heavy atom. The van der Waals surface area contributed by atoms with Crippen molar-refractivity contribution in [3.63, 3.8) is 0 Å². The number of thioether (sulfide) groups is 1. The van der Waals surface area contributed by atoms with Crippen molar-refractivity contribution in [3.8, 4) is 5.75 Å². The molecule has 2 rings (SSSR count). The molecule has 28 heavy (non-hydrogen) atoms. The summed E-state index contributed by atoms with van der Waals surface area (Å²) in [4.78, 5) is 12.1. The van der Waals surface area contributed by atoms with Crippen LogP contribution in [0.2, 0.25) is 5.02 Å². The van der Waals surface area contributed by atoms with Crippen LogP contribution < -0.4 is 10.1 Å². The molecule has 1 amide bonds. The van der Waals surface area contributed by atoms with Crippen LogP contribution >= 0.6 is 23.4 Å². The second-order valence-corrected chi connectivity index (χ2v) is 9.59. The highest BCUT2D eigenvalue weighted by Gasteiger charge is 2.16. The molecule has 1 N–H and O–H groups in total. The number of nitrogens with zero attached hydrogens (tertiary/aromatic N) is 1. The van der Waals surface area contributed by atoms with E-state index < -0.39 is 10.0 Å². The van der Waals surface area contributed by atoms with E-state index in [1.54, 1.807) is 12.1 Å². The molecule has 0 heterocycles. The molecule has 152 valence electrons. The minimum Gasteiger partial charge on any atom is -0.492 e. The molecule has 2 aromatic carbocycles. The van der Waals surface area contributed by atoms with Crippen molar-refractivity contribution in [2.45, 2.75) is 10.6 Å². The van der Waals surface area contributed by atoms with E-state index in [2.05, 4.69) is 5.32 Å². The molecule has 0 radical (unpaired) electrons. The molecule has 0 atom stereocenters. The van der Waals surface area contributed by atoms with Gasteiger partial charge in [-0.05, 0) is 35.9 Å². The Morgan fingerprint density at radius 1 is 1.14 bits per heavy atom. The molecule has 6 nitrogen and oxygen atoms in total. The maximum atomic E-state index is 12.0. The molecule has 0 bridgehead atoms. The number of ether oxygens (including phenoxy) is 1. The van der Waals surface area contributed by atoms with Gasteiger partial charge < -0.3 is 10.1 Å². The van der Waals surface area contributed by atoms with Crippen LogP contribution in [0.3, 0.4) is 0 Å². The number of hydrogen-bond donors (Lipinski definition) is 1. The summed E-state index contributed by atoms with van der Waals surface area (Å²) in [5.74, 6) is 1.47. The predicted molar refractivity (Wildman–Crippen MR) is 113 cm³/mol. The van der Waals surface area contributed by atoms with Gasteiger partial charge in [-0.1, -0.05) is 29.8 Å². The number of carbonyl (C=O) groups excluding carboxylic acids is 1. The van der Waals surface area contributed by atoms with E-state index in [9.17, 15) is 13.2 Å². The van der Waals surface area contributed by atoms with Crippen molar-refractivity contribution in [1.29, 1.82) is 0 Å². The Hall–Kier alpha value is -1.74. The molecule has 0 aromatic heterocycles. The zero-order valence-electron chi connectivity index (χ0n) is 15.7. The second-order valence-electron chi connectivity index (χ2n) is 6.04. The number of carbonyl (C=O) groups is 1. The molecule has 0 spiro atoms. The number of rotatable bonds is 10. The van der Waals surface area contributed by atoms with E-state index in [-0.39, 0.29) is 10.8 Å². The Kier molecular flexibility index (Phi) is 8.62. The van der Waals surface area contributed by atoms with Gasteiger partial charge in [-0.15, -0.1) is 11.8 Å². The molecule has 0 saturated heterocycles. The van der Waals surface area contributed by atoms with Crippen LogP contribution in [-0.4, -0.2) is 51.6 Å². The summed E-state index contributed by atoms with van der Waals surface area (Å²) >= 11 is 7.58. The molecule has 0 saturated carbocycles. The lowest BCUT2D eigenvalue weighted by atomic mass is 10.2. The van der Waals surface area contributed by atoms with Crippen LogP contribution in [0.1, 0.15) is 5.56 Å². The van der Waals surface area contributed by atoms with Crippen LogP contribution in [0.15, 0.2) is 53.4 Å². The summed E-state index contributed by atoms with van der Waals surface area (Å²) in [6.45, 7) is 0.657. The summed E-state index contributed by atoms with van der Waals surface area (Å²) in [6, 6.07) is 13.7. The minimum atomic E-state index is -3.45. The molecule has 0 fully saturated rings. The van der Waals surface area contributed by atoms with Crippen LogP contribution in [-0.2, 0) is 20.6 Å². The van der Waals surface area contributed by atoms with Crippen molar-refractivity contribution in [2.75, 3.05) is 33.0 Å². The van der Waals surface area contributed by atoms with Gasteiger partial charge in [0.05, 0.1) is 17.2 Å². The average molecular weight is 443 g/mol. The van der Waals surface area contributed by atoms with Crippen molar-refractivity contribution >= 4 is 39.3 Å². The van der Waals surface area contributed by atoms with Gasteiger partial charge in [-0.3, -0.25) is 4.79 Å². The van der Waals surface area contributed by atoms with Gasteiger partial charge >= 0.3 is 0 Å². The van der Waals surface area contributed by atoms with Gasteiger partial charge in [0.25, 0.3) is 0 Å². The number of halogens is 1. The van der Waals surface area contributed by atoms with Crippen LogP contribution in [0, 0.1) is 0 Å². The molecule has 2 aromatic rings. The van der Waals surface area contributed by atoms with Crippen LogP contribution in [0.5, 0.6) is 5.75 Å². The lowest BCUT2D eigenvalue weighted by Crippen LogP contribution is -2.29. The monoisotopic (exact) mass is 442 g/mol. The highest BCUT2D eigenvalue weighted by molar-refractivity contribution is 7.99. The van der Waals surface area contributed by atoms with Gasteiger partial charge in [-0.2, -0.15) is 0 Å². The lowest BCUT2D eigenvalue weighted by molar-refractivity contribution is -0.118. The zero-order chi connectivity index (χ0) is 20.6. The predicted octanol–water partition coefficient (Wildman–Crippen LogP) is 3.02. The summed E-state index contributed by atoms with van der Waals surface area (Å²) in [5, 5.41) is 3.49. The fourth-order valence-electron chi connectivity index (χ4n) is 2.20. The fraction of sp³-hybridized carbons (Fsp3) is 0.316. The second kappa shape index (κ2) is 10.7. The van der Waals surface area contributed by atoms with Gasteiger partial charge in [0.2, 0.25) is 15.9 Å². The quantitative estimate of drug-likeness (QED) is 0.572. The highest BCUT2D eigenvalue weighted by atomic mass is 35.5. The first-order valence-electron chi connectivity index (χ1n) is 8.54. The third-order valence-electron chi connectivity index (χ3n) is 3.74. The number of sulfonamides is 1. The fourth-order valence-corrected chi connectivity index (χ4v) is 4.24. The van der Waals surface area contributed by atoms with Crippen molar-refractivity contribution in [3.05, 3.63) is 59.1 Å². The molecule has 0 unspecified atom stereocenters. The largest absolute Gasteiger partial charge is 0.492 e. The molecular weight excluding hydrogens is 420 g/mol. The summed E-state index contributed by atoms with van der Waals surface area (Å²) in [5.41, 5.74) is 1.00. The molecular formula is C19H23ClN2O4S2. The van der Waals surface area contributed by atoms with Gasteiger partial charge in [0.1, 0.15) is 12.4 Å². The zero-order valence-corrected chi connectivity index (χ0v) is 18.1. The summed E-state index contributed by atoms with van der Waals surface area (Å²) < 4.78 is 30.7. The molecule has 0 aliphatic carbocycles. The minimum absolute atomic E-state index is 0.0759. The molecule has 0 aliphatic heterocycles. The number of nitrogens with one attached hydrogen (secondary N) is 1. The number of hydrogen-bond acceptors (Lipinski definition) is 5. The highest BCUT2D eigenvalue weighted by Crippen LogP contribution is 2.20. The number of benzene rings is 2. The topological polar surface area (TPSA) is 75.7 Å². The van der Waals surface area contributed by atoms with E-state index in [4.69, 9.17) is 16.3 Å².